The van der Waals surface area contributed by atoms with Gasteiger partial charge < -0.3 is 1.43 Å². The van der Waals surface area contributed by atoms with Crippen molar-refractivity contribution in [1.29, 1.82) is 0 Å². The molecule has 5 heteroatoms. The first-order chi connectivity index (χ1) is 16.6. The fourth-order valence-corrected chi connectivity index (χ4v) is 5.71. The molecule has 0 fully saturated rings. The van der Waals surface area contributed by atoms with Gasteiger partial charge in [0.2, 0.25) is 0 Å². The minimum Gasteiger partial charge on any atom is -1.00 e. The van der Waals surface area contributed by atoms with Crippen molar-refractivity contribution >= 4 is 10.1 Å². The monoisotopic (exact) mass is 542 g/mol. The standard InChI is InChI=1S/C30H62O3S.K.H/c1-3-5-7-9-11-13-14-15-16-17-18-19-20-21-22-23-25-27-29-33-34(31,32)30-28-26-24-12-10-8-6-4-2;;/h3-30H2,1-2H3;;/q;+1;-1. The van der Waals surface area contributed by atoms with E-state index in [1.807, 2.05) is 0 Å². The summed E-state index contributed by atoms with van der Waals surface area (Å²) in [5.74, 6) is 0.195. The Hall–Kier alpha value is 1.55. The third-order valence-corrected chi connectivity index (χ3v) is 8.32. The van der Waals surface area contributed by atoms with Crippen LogP contribution in [0.3, 0.4) is 0 Å². The fraction of sp³-hybridized carbons (Fsp3) is 1.00. The molecule has 0 amide bonds. The molecule has 0 unspecified atom stereocenters. The second-order valence-corrected chi connectivity index (χ2v) is 12.3. The van der Waals surface area contributed by atoms with Gasteiger partial charge in [0.15, 0.2) is 0 Å². The van der Waals surface area contributed by atoms with Crippen LogP contribution < -0.4 is 51.4 Å². The Kier molecular flexibility index (Phi) is 35.1. The summed E-state index contributed by atoms with van der Waals surface area (Å²) in [4.78, 5) is 0. The first kappa shape index (κ1) is 38.7. The van der Waals surface area contributed by atoms with Crippen molar-refractivity contribution in [1.82, 2.24) is 0 Å². The number of rotatable bonds is 29. The summed E-state index contributed by atoms with van der Waals surface area (Å²) < 4.78 is 29.1. The molecule has 0 aromatic rings. The summed E-state index contributed by atoms with van der Waals surface area (Å²) in [6.45, 7) is 4.89. The second-order valence-electron chi connectivity index (χ2n) is 10.6. The van der Waals surface area contributed by atoms with Gasteiger partial charge in [0.1, 0.15) is 0 Å². The third-order valence-electron chi connectivity index (χ3n) is 7.01. The minimum absolute atomic E-state index is 0. The molecule has 0 saturated carbocycles. The Morgan fingerprint density at radius 1 is 0.429 bits per heavy atom. The molecule has 0 aromatic heterocycles. The van der Waals surface area contributed by atoms with E-state index in [-0.39, 0.29) is 58.6 Å². The fourth-order valence-electron chi connectivity index (χ4n) is 4.66. The van der Waals surface area contributed by atoms with Gasteiger partial charge in [-0.3, -0.25) is 4.18 Å². The van der Waals surface area contributed by atoms with Crippen molar-refractivity contribution < 1.29 is 65.4 Å². The molecular formula is C30H63KO3S. The Bertz CT molecular complexity index is 489. The molecule has 0 spiro atoms. The van der Waals surface area contributed by atoms with E-state index in [1.165, 1.54) is 135 Å². The second kappa shape index (κ2) is 31.8. The molecule has 0 saturated heterocycles. The summed E-state index contributed by atoms with van der Waals surface area (Å²) in [6.07, 6.45) is 33.5. The molecule has 0 aromatic carbocycles. The van der Waals surface area contributed by atoms with Crippen LogP contribution in [0.25, 0.3) is 0 Å². The van der Waals surface area contributed by atoms with E-state index < -0.39 is 10.1 Å². The van der Waals surface area contributed by atoms with Crippen molar-refractivity contribution in [2.24, 2.45) is 0 Å². The third kappa shape index (κ3) is 33.5. The molecule has 3 nitrogen and oxygen atoms in total. The zero-order chi connectivity index (χ0) is 25.0. The van der Waals surface area contributed by atoms with Crippen LogP contribution in [0.4, 0.5) is 0 Å². The normalized spacial score (nSPS) is 11.6. The van der Waals surface area contributed by atoms with Crippen LogP contribution in [0.1, 0.15) is 182 Å². The van der Waals surface area contributed by atoms with E-state index in [2.05, 4.69) is 13.8 Å². The van der Waals surface area contributed by atoms with Gasteiger partial charge in [0.05, 0.1) is 12.4 Å². The van der Waals surface area contributed by atoms with E-state index in [9.17, 15) is 8.42 Å². The number of hydrogen-bond donors (Lipinski definition) is 0. The van der Waals surface area contributed by atoms with Gasteiger partial charge in [-0.05, 0) is 12.8 Å². The molecule has 208 valence electrons. The van der Waals surface area contributed by atoms with Crippen molar-refractivity contribution in [2.45, 2.75) is 181 Å². The minimum atomic E-state index is -3.31. The Balaban J connectivity index is -0.00000544. The van der Waals surface area contributed by atoms with Crippen molar-refractivity contribution in [2.75, 3.05) is 12.4 Å². The van der Waals surface area contributed by atoms with Gasteiger partial charge in [0, 0.05) is 0 Å². The SMILES string of the molecule is CCCCCCCCCCCCCCCCCCCCOS(=O)(=O)CCCCCCCCCC.[H-].[K+]. The summed E-state index contributed by atoms with van der Waals surface area (Å²) in [6, 6.07) is 0. The zero-order valence-corrected chi connectivity index (χ0v) is 28.4. The summed E-state index contributed by atoms with van der Waals surface area (Å²) in [5.41, 5.74) is 0. The summed E-state index contributed by atoms with van der Waals surface area (Å²) in [5, 5.41) is 0. The van der Waals surface area contributed by atoms with Crippen LogP contribution in [-0.2, 0) is 14.3 Å². The maximum absolute atomic E-state index is 12.0. The van der Waals surface area contributed by atoms with Crippen LogP contribution in [0.2, 0.25) is 0 Å². The summed E-state index contributed by atoms with van der Waals surface area (Å²) in [7, 11) is -3.31. The van der Waals surface area contributed by atoms with Gasteiger partial charge in [-0.25, -0.2) is 0 Å². The Morgan fingerprint density at radius 3 is 1.00 bits per heavy atom. The quantitative estimate of drug-likeness (QED) is 0.0554. The van der Waals surface area contributed by atoms with E-state index >= 15 is 0 Å². The van der Waals surface area contributed by atoms with Gasteiger partial charge in [-0.2, -0.15) is 8.42 Å². The molecule has 0 aliphatic carbocycles. The Labute approximate surface area is 266 Å². The topological polar surface area (TPSA) is 43.4 Å². The van der Waals surface area contributed by atoms with Crippen LogP contribution in [0.15, 0.2) is 0 Å². The molecule has 0 aliphatic heterocycles. The van der Waals surface area contributed by atoms with E-state index in [0.717, 1.165) is 32.1 Å². The van der Waals surface area contributed by atoms with Crippen LogP contribution in [-0.4, -0.2) is 20.8 Å². The number of hydrogen-bond acceptors (Lipinski definition) is 3. The average molecular weight is 543 g/mol. The largest absolute Gasteiger partial charge is 1.00 e. The van der Waals surface area contributed by atoms with Crippen molar-refractivity contribution in [3.8, 4) is 0 Å². The predicted octanol–water partition coefficient (Wildman–Crippen LogP) is 7.63. The molecule has 0 atom stereocenters. The van der Waals surface area contributed by atoms with Gasteiger partial charge in [0.25, 0.3) is 10.1 Å². The average Bonchev–Trinajstić information content (AvgIpc) is 2.82. The Morgan fingerprint density at radius 2 is 0.686 bits per heavy atom. The smallest absolute Gasteiger partial charge is 1.00 e. The molecule has 0 aliphatic rings. The number of unbranched alkanes of at least 4 members (excludes halogenated alkanes) is 24. The maximum atomic E-state index is 12.0. The molecular weight excluding hydrogens is 479 g/mol. The molecule has 0 heterocycles. The first-order valence-electron chi connectivity index (χ1n) is 15.5. The zero-order valence-electron chi connectivity index (χ0n) is 25.4. The van der Waals surface area contributed by atoms with E-state index in [1.54, 1.807) is 0 Å². The molecule has 0 N–H and O–H groups in total. The molecule has 35 heavy (non-hydrogen) atoms. The van der Waals surface area contributed by atoms with Gasteiger partial charge in [-0.15, -0.1) is 0 Å². The van der Waals surface area contributed by atoms with E-state index in [4.69, 9.17) is 4.18 Å². The van der Waals surface area contributed by atoms with Gasteiger partial charge in [-0.1, -0.05) is 168 Å². The first-order valence-corrected chi connectivity index (χ1v) is 17.1. The summed E-state index contributed by atoms with van der Waals surface area (Å²) >= 11 is 0. The van der Waals surface area contributed by atoms with Crippen LogP contribution in [0.5, 0.6) is 0 Å². The van der Waals surface area contributed by atoms with Crippen molar-refractivity contribution in [3.05, 3.63) is 0 Å². The molecule has 0 rings (SSSR count). The van der Waals surface area contributed by atoms with Gasteiger partial charge >= 0.3 is 51.4 Å². The molecule has 0 bridgehead atoms. The molecule has 0 radical (unpaired) electrons. The van der Waals surface area contributed by atoms with Crippen LogP contribution in [0, 0.1) is 0 Å². The van der Waals surface area contributed by atoms with Crippen LogP contribution >= 0.6 is 0 Å². The maximum Gasteiger partial charge on any atom is 1.00 e. The van der Waals surface area contributed by atoms with Crippen molar-refractivity contribution in [3.63, 3.8) is 0 Å². The predicted molar refractivity (Wildman–Crippen MR) is 152 cm³/mol. The van der Waals surface area contributed by atoms with E-state index in [0.29, 0.717) is 6.61 Å².